The van der Waals surface area contributed by atoms with E-state index < -0.39 is 10.8 Å². The van der Waals surface area contributed by atoms with Gasteiger partial charge in [-0.1, -0.05) is 48.0 Å². The van der Waals surface area contributed by atoms with Crippen molar-refractivity contribution in [3.63, 3.8) is 0 Å². The van der Waals surface area contributed by atoms with E-state index in [4.69, 9.17) is 16.3 Å². The fourth-order valence-electron chi connectivity index (χ4n) is 2.73. The van der Waals surface area contributed by atoms with Crippen LogP contribution in [-0.4, -0.2) is 10.8 Å². The van der Waals surface area contributed by atoms with Gasteiger partial charge in [-0.2, -0.15) is 5.26 Å². The van der Waals surface area contributed by atoms with Crippen LogP contribution < -0.4 is 10.1 Å². The van der Waals surface area contributed by atoms with Gasteiger partial charge in [0.25, 0.3) is 11.6 Å². The highest BCUT2D eigenvalue weighted by atomic mass is 79.9. The van der Waals surface area contributed by atoms with Gasteiger partial charge in [0, 0.05) is 11.1 Å². The first-order chi connectivity index (χ1) is 15.4. The maximum atomic E-state index is 12.5. The zero-order valence-corrected chi connectivity index (χ0v) is 18.8. The predicted octanol–water partition coefficient (Wildman–Crippen LogP) is 6.14. The number of amides is 1. The molecule has 0 aliphatic rings. The van der Waals surface area contributed by atoms with Gasteiger partial charge in [-0.25, -0.2) is 0 Å². The molecule has 0 aromatic heterocycles. The van der Waals surface area contributed by atoms with Crippen molar-refractivity contribution >= 4 is 50.9 Å². The molecule has 9 heteroatoms. The number of nitriles is 1. The number of hydrogen-bond acceptors (Lipinski definition) is 5. The first-order valence-electron chi connectivity index (χ1n) is 9.20. The van der Waals surface area contributed by atoms with Gasteiger partial charge in [-0.3, -0.25) is 14.9 Å². The van der Waals surface area contributed by atoms with Crippen molar-refractivity contribution in [3.05, 3.63) is 103 Å². The smallest absolute Gasteiger partial charge is 0.294 e. The molecule has 32 heavy (non-hydrogen) atoms. The van der Waals surface area contributed by atoms with Crippen LogP contribution in [-0.2, 0) is 11.4 Å². The number of rotatable bonds is 7. The second-order valence-corrected chi connectivity index (χ2v) is 7.80. The highest BCUT2D eigenvalue weighted by Crippen LogP contribution is 2.29. The summed E-state index contributed by atoms with van der Waals surface area (Å²) in [6.45, 7) is 0.389. The standard InChI is InChI=1S/C23H15BrClN3O4/c24-19-11-16(6-9-22(19)32-14-15-4-2-1-3-5-15)10-17(13-26)23(29)27-20-8-7-18(25)12-21(20)28(30)31/h1-12H,14H2,(H,27,29). The summed E-state index contributed by atoms with van der Waals surface area (Å²) in [6.07, 6.45) is 1.38. The number of carbonyl (C=O) groups is 1. The Morgan fingerprint density at radius 2 is 1.94 bits per heavy atom. The van der Waals surface area contributed by atoms with Gasteiger partial charge in [0.1, 0.15) is 29.7 Å². The molecular weight excluding hydrogens is 498 g/mol. The van der Waals surface area contributed by atoms with Crippen LogP contribution in [0.15, 0.2) is 76.8 Å². The molecule has 0 saturated heterocycles. The molecule has 7 nitrogen and oxygen atoms in total. The SMILES string of the molecule is N#CC(=Cc1ccc(OCc2ccccc2)c(Br)c1)C(=O)Nc1ccc(Cl)cc1[N+](=O)[O-]. The third-order valence-electron chi connectivity index (χ3n) is 4.27. The summed E-state index contributed by atoms with van der Waals surface area (Å²) in [5, 5.41) is 23.2. The van der Waals surface area contributed by atoms with Crippen LogP contribution in [0.5, 0.6) is 5.75 Å². The fourth-order valence-corrected chi connectivity index (χ4v) is 3.40. The largest absolute Gasteiger partial charge is 0.488 e. The number of nitrogens with one attached hydrogen (secondary N) is 1. The lowest BCUT2D eigenvalue weighted by Crippen LogP contribution is -2.14. The number of ether oxygens (including phenoxy) is 1. The summed E-state index contributed by atoms with van der Waals surface area (Å²) in [5.41, 5.74) is 0.936. The van der Waals surface area contributed by atoms with Crippen LogP contribution in [0.3, 0.4) is 0 Å². The van der Waals surface area contributed by atoms with E-state index in [9.17, 15) is 20.2 Å². The minimum Gasteiger partial charge on any atom is -0.488 e. The molecule has 0 atom stereocenters. The van der Waals surface area contributed by atoms with Gasteiger partial charge in [0.2, 0.25) is 0 Å². The number of hydrogen-bond donors (Lipinski definition) is 1. The number of carbonyl (C=O) groups excluding carboxylic acids is 1. The van der Waals surface area contributed by atoms with Crippen LogP contribution in [0.25, 0.3) is 6.08 Å². The number of nitrogens with zero attached hydrogens (tertiary/aromatic N) is 2. The second-order valence-electron chi connectivity index (χ2n) is 6.51. The first-order valence-corrected chi connectivity index (χ1v) is 10.4. The van der Waals surface area contributed by atoms with E-state index in [1.54, 1.807) is 18.2 Å². The molecule has 0 unspecified atom stereocenters. The van der Waals surface area contributed by atoms with Crippen molar-refractivity contribution in [2.75, 3.05) is 5.32 Å². The molecule has 0 saturated carbocycles. The molecule has 3 aromatic rings. The minimum absolute atomic E-state index is 0.0589. The average molecular weight is 513 g/mol. The third-order valence-corrected chi connectivity index (χ3v) is 5.13. The molecule has 0 spiro atoms. The van der Waals surface area contributed by atoms with Crippen LogP contribution in [0.1, 0.15) is 11.1 Å². The molecule has 0 heterocycles. The predicted molar refractivity (Wildman–Crippen MR) is 125 cm³/mol. The molecule has 0 aliphatic heterocycles. The van der Waals surface area contributed by atoms with Crippen molar-refractivity contribution in [1.82, 2.24) is 0 Å². The monoisotopic (exact) mass is 511 g/mol. The lowest BCUT2D eigenvalue weighted by Gasteiger charge is -2.09. The van der Waals surface area contributed by atoms with Gasteiger partial charge in [-0.05, 0) is 57.4 Å². The van der Waals surface area contributed by atoms with E-state index in [2.05, 4.69) is 21.2 Å². The molecule has 0 bridgehead atoms. The number of nitro groups is 1. The Labute approximate surface area is 197 Å². The fraction of sp³-hybridized carbons (Fsp3) is 0.0435. The van der Waals surface area contributed by atoms with Crippen molar-refractivity contribution < 1.29 is 14.5 Å². The Kier molecular flexibility index (Phi) is 7.60. The number of nitro benzene ring substituents is 1. The Balaban J connectivity index is 1.76. The van der Waals surface area contributed by atoms with Gasteiger partial charge in [0.15, 0.2) is 0 Å². The zero-order valence-electron chi connectivity index (χ0n) is 16.4. The Hall–Kier alpha value is -3.67. The Bertz CT molecular complexity index is 1240. The van der Waals surface area contributed by atoms with Crippen molar-refractivity contribution in [2.45, 2.75) is 6.61 Å². The van der Waals surface area contributed by atoms with Gasteiger partial charge in [-0.15, -0.1) is 0 Å². The van der Waals surface area contributed by atoms with Crippen molar-refractivity contribution in [1.29, 1.82) is 5.26 Å². The molecule has 3 aromatic carbocycles. The van der Waals surface area contributed by atoms with Gasteiger partial charge < -0.3 is 10.1 Å². The topological polar surface area (TPSA) is 105 Å². The molecule has 1 N–H and O–H groups in total. The van der Waals surface area contributed by atoms with Crippen molar-refractivity contribution in [2.24, 2.45) is 0 Å². The maximum absolute atomic E-state index is 12.5. The highest BCUT2D eigenvalue weighted by Gasteiger charge is 2.18. The van der Waals surface area contributed by atoms with Gasteiger partial charge in [0.05, 0.1) is 9.40 Å². The summed E-state index contributed by atoms with van der Waals surface area (Å²) in [4.78, 5) is 23.1. The average Bonchev–Trinajstić information content (AvgIpc) is 2.78. The van der Waals surface area contributed by atoms with Crippen molar-refractivity contribution in [3.8, 4) is 11.8 Å². The second kappa shape index (κ2) is 10.6. The van der Waals surface area contributed by atoms with Crippen LogP contribution in [0.4, 0.5) is 11.4 Å². The van der Waals surface area contributed by atoms with E-state index in [0.29, 0.717) is 22.4 Å². The maximum Gasteiger partial charge on any atom is 0.294 e. The molecular formula is C23H15BrClN3O4. The van der Waals surface area contributed by atoms with Crippen LogP contribution >= 0.6 is 27.5 Å². The van der Waals surface area contributed by atoms with Crippen LogP contribution in [0.2, 0.25) is 5.02 Å². The summed E-state index contributed by atoms with van der Waals surface area (Å²) in [7, 11) is 0. The minimum atomic E-state index is -0.779. The van der Waals surface area contributed by atoms with E-state index in [1.165, 1.54) is 18.2 Å². The lowest BCUT2D eigenvalue weighted by molar-refractivity contribution is -0.383. The quantitative estimate of drug-likeness (QED) is 0.177. The molecule has 3 rings (SSSR count). The third kappa shape index (κ3) is 5.94. The molecule has 160 valence electrons. The molecule has 0 aliphatic carbocycles. The van der Waals surface area contributed by atoms with E-state index in [-0.39, 0.29) is 22.0 Å². The molecule has 1 amide bonds. The van der Waals surface area contributed by atoms with E-state index in [0.717, 1.165) is 11.6 Å². The summed E-state index contributed by atoms with van der Waals surface area (Å²) in [6, 6.07) is 20.5. The van der Waals surface area contributed by atoms with Gasteiger partial charge >= 0.3 is 0 Å². The zero-order chi connectivity index (χ0) is 23.1. The summed E-state index contributed by atoms with van der Waals surface area (Å²) in [5.74, 6) is -0.177. The first kappa shape index (κ1) is 23.0. The lowest BCUT2D eigenvalue weighted by atomic mass is 10.1. The summed E-state index contributed by atoms with van der Waals surface area (Å²) < 4.78 is 6.44. The van der Waals surface area contributed by atoms with E-state index in [1.807, 2.05) is 36.4 Å². The molecule has 0 fully saturated rings. The Morgan fingerprint density at radius 3 is 2.59 bits per heavy atom. The number of benzene rings is 3. The normalized spacial score (nSPS) is 10.8. The molecule has 0 radical (unpaired) electrons. The highest BCUT2D eigenvalue weighted by molar-refractivity contribution is 9.10. The Morgan fingerprint density at radius 1 is 1.19 bits per heavy atom. The number of halogens is 2. The summed E-state index contributed by atoms with van der Waals surface area (Å²) >= 11 is 9.21. The van der Waals surface area contributed by atoms with E-state index >= 15 is 0 Å². The number of anilines is 1. The van der Waals surface area contributed by atoms with Crippen LogP contribution in [0, 0.1) is 21.4 Å².